The van der Waals surface area contributed by atoms with Gasteiger partial charge in [0.15, 0.2) is 0 Å². The SMILES string of the molecule is c1ccc(-n2c3ccccc3c3cc4c5cc6ccccc6cc5n(-c5cccc(-c6cccc7ccccc67)c5)c4cc32)cc1. The van der Waals surface area contributed by atoms with Gasteiger partial charge >= 0.3 is 0 Å². The third-order valence-corrected chi connectivity index (χ3v) is 9.65. The fraction of sp³-hybridized carbons (Fsp3) is 0. The molecule has 0 bridgehead atoms. The number of fused-ring (bicyclic) bond motifs is 8. The number of nitrogens with zero attached hydrogens (tertiary/aromatic N) is 2. The van der Waals surface area contributed by atoms with Crippen LogP contribution in [0.3, 0.4) is 0 Å². The van der Waals surface area contributed by atoms with Crippen LogP contribution in [0.25, 0.3) is 87.7 Å². The van der Waals surface area contributed by atoms with Gasteiger partial charge in [0, 0.05) is 32.9 Å². The van der Waals surface area contributed by atoms with Crippen molar-refractivity contribution in [3.8, 4) is 22.5 Å². The van der Waals surface area contributed by atoms with Gasteiger partial charge < -0.3 is 9.13 Å². The van der Waals surface area contributed by atoms with Crippen molar-refractivity contribution in [2.45, 2.75) is 0 Å². The molecule has 0 aliphatic carbocycles. The summed E-state index contributed by atoms with van der Waals surface area (Å²) in [5, 5.41) is 10.1. The second-order valence-corrected chi connectivity index (χ2v) is 12.2. The van der Waals surface area contributed by atoms with Crippen LogP contribution in [0.5, 0.6) is 0 Å². The van der Waals surface area contributed by atoms with E-state index in [1.54, 1.807) is 0 Å². The van der Waals surface area contributed by atoms with Gasteiger partial charge in [-0.15, -0.1) is 0 Å². The van der Waals surface area contributed by atoms with Crippen LogP contribution in [0.15, 0.2) is 170 Å². The Labute approximate surface area is 266 Å². The van der Waals surface area contributed by atoms with Crippen LogP contribution in [0.1, 0.15) is 0 Å². The summed E-state index contributed by atoms with van der Waals surface area (Å²) in [6.07, 6.45) is 0. The molecule has 2 nitrogen and oxygen atoms in total. The lowest BCUT2D eigenvalue weighted by Gasteiger charge is -2.13. The molecule has 0 fully saturated rings. The molecule has 2 aromatic heterocycles. The second-order valence-electron chi connectivity index (χ2n) is 12.2. The molecular formula is C44H28N2. The lowest BCUT2D eigenvalue weighted by Crippen LogP contribution is -1.96. The first-order valence-electron chi connectivity index (χ1n) is 15.9. The van der Waals surface area contributed by atoms with Crippen molar-refractivity contribution in [3.05, 3.63) is 170 Å². The van der Waals surface area contributed by atoms with Gasteiger partial charge in [-0.1, -0.05) is 115 Å². The van der Waals surface area contributed by atoms with Crippen molar-refractivity contribution in [1.29, 1.82) is 0 Å². The molecule has 2 heterocycles. The number of para-hydroxylation sites is 2. The van der Waals surface area contributed by atoms with Crippen LogP contribution >= 0.6 is 0 Å². The summed E-state index contributed by atoms with van der Waals surface area (Å²) in [5.41, 5.74) is 9.62. The predicted octanol–water partition coefficient (Wildman–Crippen LogP) is 11.9. The zero-order chi connectivity index (χ0) is 30.2. The third kappa shape index (κ3) is 3.65. The zero-order valence-electron chi connectivity index (χ0n) is 25.1. The molecule has 0 aliphatic heterocycles. The molecular weight excluding hydrogens is 556 g/mol. The minimum Gasteiger partial charge on any atom is -0.309 e. The minimum absolute atomic E-state index is 1.16. The fourth-order valence-electron chi connectivity index (χ4n) is 7.59. The van der Waals surface area contributed by atoms with E-state index in [2.05, 4.69) is 179 Å². The molecule has 0 amide bonds. The van der Waals surface area contributed by atoms with Crippen LogP contribution in [0.2, 0.25) is 0 Å². The normalized spacial score (nSPS) is 11.9. The molecule has 0 saturated carbocycles. The van der Waals surface area contributed by atoms with E-state index in [1.165, 1.54) is 82.0 Å². The van der Waals surface area contributed by atoms with Gasteiger partial charge in [-0.05, 0) is 87.3 Å². The summed E-state index contributed by atoms with van der Waals surface area (Å²) in [6.45, 7) is 0. The van der Waals surface area contributed by atoms with E-state index in [1.807, 2.05) is 0 Å². The second kappa shape index (κ2) is 9.69. The predicted molar refractivity (Wildman–Crippen MR) is 196 cm³/mol. The molecule has 0 aliphatic rings. The van der Waals surface area contributed by atoms with Gasteiger partial charge in [0.25, 0.3) is 0 Å². The van der Waals surface area contributed by atoms with E-state index in [9.17, 15) is 0 Å². The summed E-state index contributed by atoms with van der Waals surface area (Å²) < 4.78 is 4.88. The van der Waals surface area contributed by atoms with Crippen molar-refractivity contribution in [1.82, 2.24) is 9.13 Å². The monoisotopic (exact) mass is 584 g/mol. The highest BCUT2D eigenvalue weighted by Gasteiger charge is 2.19. The first-order valence-corrected chi connectivity index (χ1v) is 15.9. The van der Waals surface area contributed by atoms with E-state index in [0.717, 1.165) is 5.69 Å². The Bertz CT molecular complexity index is 2790. The third-order valence-electron chi connectivity index (χ3n) is 9.65. The average molecular weight is 585 g/mol. The van der Waals surface area contributed by atoms with Gasteiger partial charge in [-0.25, -0.2) is 0 Å². The fourth-order valence-corrected chi connectivity index (χ4v) is 7.59. The Hall–Kier alpha value is -6.12. The van der Waals surface area contributed by atoms with Gasteiger partial charge in [-0.3, -0.25) is 0 Å². The lowest BCUT2D eigenvalue weighted by molar-refractivity contribution is 1.17. The Morgan fingerprint density at radius 1 is 0.283 bits per heavy atom. The van der Waals surface area contributed by atoms with E-state index < -0.39 is 0 Å². The largest absolute Gasteiger partial charge is 0.309 e. The Balaban J connectivity index is 1.34. The summed E-state index contributed by atoms with van der Waals surface area (Å²) in [7, 11) is 0. The summed E-state index contributed by atoms with van der Waals surface area (Å²) >= 11 is 0. The van der Waals surface area contributed by atoms with E-state index >= 15 is 0 Å². The first-order chi connectivity index (χ1) is 22.8. The number of aromatic nitrogens is 2. The van der Waals surface area contributed by atoms with Crippen LogP contribution in [0.4, 0.5) is 0 Å². The molecule has 8 aromatic carbocycles. The Morgan fingerprint density at radius 2 is 0.848 bits per heavy atom. The van der Waals surface area contributed by atoms with E-state index in [0.29, 0.717) is 0 Å². The molecule has 0 unspecified atom stereocenters. The summed E-state index contributed by atoms with van der Waals surface area (Å²) in [5.74, 6) is 0. The lowest BCUT2D eigenvalue weighted by atomic mass is 9.98. The topological polar surface area (TPSA) is 9.86 Å². The Morgan fingerprint density at radius 3 is 1.70 bits per heavy atom. The zero-order valence-corrected chi connectivity index (χ0v) is 25.1. The van der Waals surface area contributed by atoms with Crippen LogP contribution in [-0.4, -0.2) is 9.13 Å². The maximum atomic E-state index is 2.47. The molecule has 10 aromatic rings. The van der Waals surface area contributed by atoms with Crippen LogP contribution < -0.4 is 0 Å². The van der Waals surface area contributed by atoms with Crippen molar-refractivity contribution < 1.29 is 0 Å². The standard InChI is InChI=1S/C44H28N2/c1-2-17-33(18-3-1)45-41-23-9-8-21-37(41)39-27-40-38-25-30-13-4-5-14-31(30)26-42(38)46(44(40)28-43(39)45)34-19-10-16-32(24-34)36-22-11-15-29-12-6-7-20-35(29)36/h1-28H. The number of benzene rings is 8. The molecule has 10 rings (SSSR count). The smallest absolute Gasteiger partial charge is 0.0562 e. The van der Waals surface area contributed by atoms with Crippen molar-refractivity contribution in [2.24, 2.45) is 0 Å². The highest BCUT2D eigenvalue weighted by Crippen LogP contribution is 2.41. The van der Waals surface area contributed by atoms with Crippen molar-refractivity contribution >= 4 is 65.2 Å². The van der Waals surface area contributed by atoms with Gasteiger partial charge in [0.2, 0.25) is 0 Å². The molecule has 0 atom stereocenters. The molecule has 0 saturated heterocycles. The van der Waals surface area contributed by atoms with Gasteiger partial charge in [-0.2, -0.15) is 0 Å². The van der Waals surface area contributed by atoms with Gasteiger partial charge in [0.1, 0.15) is 0 Å². The molecule has 2 heteroatoms. The van der Waals surface area contributed by atoms with Crippen LogP contribution in [0, 0.1) is 0 Å². The van der Waals surface area contributed by atoms with Crippen molar-refractivity contribution in [2.75, 3.05) is 0 Å². The first kappa shape index (κ1) is 25.2. The van der Waals surface area contributed by atoms with Crippen molar-refractivity contribution in [3.63, 3.8) is 0 Å². The maximum absolute atomic E-state index is 2.47. The average Bonchev–Trinajstić information content (AvgIpc) is 3.61. The molecule has 0 radical (unpaired) electrons. The number of hydrogen-bond donors (Lipinski definition) is 0. The highest BCUT2D eigenvalue weighted by atomic mass is 15.0. The van der Waals surface area contributed by atoms with Gasteiger partial charge in [0.05, 0.1) is 22.1 Å². The number of rotatable bonds is 3. The highest BCUT2D eigenvalue weighted by molar-refractivity contribution is 6.20. The molecule has 0 N–H and O–H groups in total. The van der Waals surface area contributed by atoms with E-state index in [-0.39, 0.29) is 0 Å². The van der Waals surface area contributed by atoms with E-state index in [4.69, 9.17) is 0 Å². The number of hydrogen-bond acceptors (Lipinski definition) is 0. The molecule has 0 spiro atoms. The summed E-state index contributed by atoms with van der Waals surface area (Å²) in [6, 6.07) is 62.1. The summed E-state index contributed by atoms with van der Waals surface area (Å²) in [4.78, 5) is 0. The molecule has 214 valence electrons. The minimum atomic E-state index is 1.16. The molecule has 46 heavy (non-hydrogen) atoms. The van der Waals surface area contributed by atoms with Crippen LogP contribution in [-0.2, 0) is 0 Å². The quantitative estimate of drug-likeness (QED) is 0.195. The Kier molecular flexibility index (Phi) is 5.31. The maximum Gasteiger partial charge on any atom is 0.0562 e.